The Bertz CT molecular complexity index is 1080. The number of aliphatic imine (C=N–C) groups is 1. The van der Waals surface area contributed by atoms with Gasteiger partial charge in [-0.15, -0.1) is 10.2 Å². The summed E-state index contributed by atoms with van der Waals surface area (Å²) in [6.45, 7) is 0. The standard InChI is InChI=1S/C18H10FN3O3S2/c19-12-6-10-13(20-8-11(15(10)23)17(24)25)7-14(12)26-18-22-21-16(27-18)9-4-2-1-3-5-9/h1-8,11H,(H,24,25). The molecular weight excluding hydrogens is 389 g/mol. The zero-order valence-electron chi connectivity index (χ0n) is 13.5. The van der Waals surface area contributed by atoms with Gasteiger partial charge in [0.15, 0.2) is 16.0 Å². The molecule has 1 unspecified atom stereocenters. The Labute approximate surface area is 160 Å². The van der Waals surface area contributed by atoms with Crippen molar-refractivity contribution in [2.45, 2.75) is 9.24 Å². The zero-order chi connectivity index (χ0) is 19.0. The molecule has 0 saturated heterocycles. The average molecular weight is 399 g/mol. The van der Waals surface area contributed by atoms with Crippen LogP contribution in [0, 0.1) is 11.7 Å². The number of carbonyl (C=O) groups is 2. The number of ketones is 1. The molecule has 0 saturated carbocycles. The Kier molecular flexibility index (Phi) is 4.54. The number of rotatable bonds is 4. The third-order valence-corrected chi connectivity index (χ3v) is 5.91. The maximum Gasteiger partial charge on any atom is 0.319 e. The second-order valence-electron chi connectivity index (χ2n) is 5.60. The van der Waals surface area contributed by atoms with Crippen molar-refractivity contribution in [3.8, 4) is 10.6 Å². The Morgan fingerprint density at radius 3 is 2.70 bits per heavy atom. The smallest absolute Gasteiger partial charge is 0.319 e. The lowest BCUT2D eigenvalue weighted by molar-refractivity contribution is -0.137. The topological polar surface area (TPSA) is 92.5 Å². The fourth-order valence-corrected chi connectivity index (χ4v) is 4.39. The van der Waals surface area contributed by atoms with Gasteiger partial charge in [-0.1, -0.05) is 53.4 Å². The zero-order valence-corrected chi connectivity index (χ0v) is 15.1. The van der Waals surface area contributed by atoms with Crippen LogP contribution >= 0.6 is 23.1 Å². The Morgan fingerprint density at radius 2 is 1.96 bits per heavy atom. The van der Waals surface area contributed by atoms with Crippen molar-refractivity contribution in [1.29, 1.82) is 0 Å². The molecule has 0 fully saturated rings. The van der Waals surface area contributed by atoms with Gasteiger partial charge in [0.1, 0.15) is 10.8 Å². The molecule has 0 spiro atoms. The van der Waals surface area contributed by atoms with Crippen molar-refractivity contribution in [1.82, 2.24) is 10.2 Å². The first kappa shape index (κ1) is 17.5. The summed E-state index contributed by atoms with van der Waals surface area (Å²) in [5.41, 5.74) is 1.13. The van der Waals surface area contributed by atoms with E-state index >= 15 is 0 Å². The van der Waals surface area contributed by atoms with Crippen molar-refractivity contribution < 1.29 is 19.1 Å². The van der Waals surface area contributed by atoms with Gasteiger partial charge in [-0.3, -0.25) is 14.6 Å². The van der Waals surface area contributed by atoms with Crippen molar-refractivity contribution in [3.63, 3.8) is 0 Å². The molecule has 1 aliphatic heterocycles. The highest BCUT2D eigenvalue weighted by Gasteiger charge is 2.31. The molecule has 0 bridgehead atoms. The molecule has 3 aromatic rings. The molecule has 1 N–H and O–H groups in total. The molecule has 1 aromatic heterocycles. The quantitative estimate of drug-likeness (QED) is 0.664. The summed E-state index contributed by atoms with van der Waals surface area (Å²) in [5, 5.41) is 17.9. The highest BCUT2D eigenvalue weighted by Crippen LogP contribution is 2.39. The van der Waals surface area contributed by atoms with Gasteiger partial charge < -0.3 is 5.11 Å². The summed E-state index contributed by atoms with van der Waals surface area (Å²) in [4.78, 5) is 27.5. The van der Waals surface area contributed by atoms with Gasteiger partial charge in [0.05, 0.1) is 10.6 Å². The van der Waals surface area contributed by atoms with Crippen LogP contribution < -0.4 is 0 Å². The summed E-state index contributed by atoms with van der Waals surface area (Å²) in [6.07, 6.45) is 1.07. The van der Waals surface area contributed by atoms with Crippen LogP contribution in [0.25, 0.3) is 10.6 Å². The van der Waals surface area contributed by atoms with Gasteiger partial charge in [-0.25, -0.2) is 4.39 Å². The molecule has 134 valence electrons. The van der Waals surface area contributed by atoms with Gasteiger partial charge in [0.25, 0.3) is 0 Å². The highest BCUT2D eigenvalue weighted by molar-refractivity contribution is 8.01. The van der Waals surface area contributed by atoms with E-state index in [0.29, 0.717) is 9.35 Å². The number of aliphatic carboxylic acids is 1. The molecule has 0 amide bonds. The summed E-state index contributed by atoms with van der Waals surface area (Å²) in [7, 11) is 0. The first-order valence-corrected chi connectivity index (χ1v) is 9.38. The number of carboxylic acids is 1. The minimum Gasteiger partial charge on any atom is -0.480 e. The normalized spacial score (nSPS) is 15.6. The van der Waals surface area contributed by atoms with Crippen LogP contribution in [0.1, 0.15) is 10.4 Å². The van der Waals surface area contributed by atoms with Crippen LogP contribution in [-0.2, 0) is 4.79 Å². The summed E-state index contributed by atoms with van der Waals surface area (Å²) >= 11 is 2.40. The summed E-state index contributed by atoms with van der Waals surface area (Å²) in [5.74, 6) is -4.00. The number of hydrogen-bond acceptors (Lipinski definition) is 7. The number of halogens is 1. The third kappa shape index (κ3) is 3.38. The monoisotopic (exact) mass is 399 g/mol. The molecular formula is C18H10FN3O3S2. The molecule has 4 rings (SSSR count). The Morgan fingerprint density at radius 1 is 1.19 bits per heavy atom. The second kappa shape index (κ2) is 7.01. The number of fused-ring (bicyclic) bond motifs is 1. The minimum absolute atomic E-state index is 0.0333. The largest absolute Gasteiger partial charge is 0.480 e. The van der Waals surface area contributed by atoms with Crippen LogP contribution in [0.15, 0.2) is 56.7 Å². The van der Waals surface area contributed by atoms with E-state index in [0.717, 1.165) is 29.6 Å². The molecule has 2 aromatic carbocycles. The lowest BCUT2D eigenvalue weighted by Crippen LogP contribution is -2.27. The molecule has 0 aliphatic carbocycles. The van der Waals surface area contributed by atoms with Gasteiger partial charge in [0.2, 0.25) is 0 Å². The predicted octanol–water partition coefficient (Wildman–Crippen LogP) is 4.09. The SMILES string of the molecule is O=C(O)C1C=Nc2cc(Sc3nnc(-c4ccccc4)s3)c(F)cc2C1=O. The van der Waals surface area contributed by atoms with Crippen LogP contribution in [-0.4, -0.2) is 33.3 Å². The van der Waals surface area contributed by atoms with Gasteiger partial charge in [-0.05, 0) is 12.1 Å². The van der Waals surface area contributed by atoms with Gasteiger partial charge in [0, 0.05) is 17.3 Å². The van der Waals surface area contributed by atoms with E-state index < -0.39 is 23.5 Å². The molecule has 27 heavy (non-hydrogen) atoms. The van der Waals surface area contributed by atoms with Gasteiger partial charge in [-0.2, -0.15) is 0 Å². The summed E-state index contributed by atoms with van der Waals surface area (Å²) < 4.78 is 15.0. The first-order chi connectivity index (χ1) is 13.0. The van der Waals surface area contributed by atoms with Crippen molar-refractivity contribution >= 4 is 46.8 Å². The van der Waals surface area contributed by atoms with Crippen molar-refractivity contribution in [2.75, 3.05) is 0 Å². The number of benzene rings is 2. The van der Waals surface area contributed by atoms with E-state index in [1.54, 1.807) is 0 Å². The lowest BCUT2D eigenvalue weighted by atomic mass is 9.95. The van der Waals surface area contributed by atoms with Crippen LogP contribution in [0.3, 0.4) is 0 Å². The molecule has 6 nitrogen and oxygen atoms in total. The lowest BCUT2D eigenvalue weighted by Gasteiger charge is -2.15. The maximum absolute atomic E-state index is 14.5. The third-order valence-electron chi connectivity index (χ3n) is 3.85. The fourth-order valence-electron chi connectivity index (χ4n) is 2.53. The van der Waals surface area contributed by atoms with Crippen LogP contribution in [0.2, 0.25) is 0 Å². The van der Waals surface area contributed by atoms with E-state index in [9.17, 15) is 14.0 Å². The first-order valence-electron chi connectivity index (χ1n) is 7.74. The van der Waals surface area contributed by atoms with E-state index in [1.165, 1.54) is 17.4 Å². The molecule has 0 radical (unpaired) electrons. The second-order valence-corrected chi connectivity index (χ2v) is 7.87. The molecule has 1 aliphatic rings. The molecule has 1 atom stereocenters. The average Bonchev–Trinajstić information content (AvgIpc) is 3.12. The molecule has 2 heterocycles. The minimum atomic E-state index is -1.38. The number of nitrogens with zero attached hydrogens (tertiary/aromatic N) is 3. The fraction of sp³-hybridized carbons (Fsp3) is 0.0556. The van der Waals surface area contributed by atoms with Crippen LogP contribution in [0.4, 0.5) is 10.1 Å². The van der Waals surface area contributed by atoms with Crippen molar-refractivity contribution in [2.24, 2.45) is 10.9 Å². The van der Waals surface area contributed by atoms with E-state index in [1.807, 2.05) is 30.3 Å². The summed E-state index contributed by atoms with van der Waals surface area (Å²) in [6, 6.07) is 12.0. The highest BCUT2D eigenvalue weighted by atomic mass is 32.2. The maximum atomic E-state index is 14.5. The number of hydrogen-bond donors (Lipinski definition) is 1. The van der Waals surface area contributed by atoms with E-state index in [2.05, 4.69) is 15.2 Å². The Hall–Kier alpha value is -2.91. The molecule has 9 heteroatoms. The number of carbonyl (C=O) groups excluding carboxylic acids is 1. The number of carboxylic acid groups (broad SMARTS) is 1. The predicted molar refractivity (Wildman–Crippen MR) is 99.5 cm³/mol. The van der Waals surface area contributed by atoms with Gasteiger partial charge >= 0.3 is 5.97 Å². The van der Waals surface area contributed by atoms with E-state index in [-0.39, 0.29) is 16.1 Å². The number of Topliss-reactive ketones (excluding diaryl/α,β-unsaturated/α-hetero) is 1. The van der Waals surface area contributed by atoms with Crippen molar-refractivity contribution in [3.05, 3.63) is 53.8 Å². The van der Waals surface area contributed by atoms with E-state index in [4.69, 9.17) is 5.11 Å². The number of aromatic nitrogens is 2. The Balaban J connectivity index is 1.62. The van der Waals surface area contributed by atoms with Crippen LogP contribution in [0.5, 0.6) is 0 Å².